The van der Waals surface area contributed by atoms with Gasteiger partial charge in [-0.15, -0.1) is 0 Å². The van der Waals surface area contributed by atoms with Gasteiger partial charge in [0.25, 0.3) is 0 Å². The fourth-order valence-corrected chi connectivity index (χ4v) is 4.28. The largest absolute Gasteiger partial charge is 0.381 e. The summed E-state index contributed by atoms with van der Waals surface area (Å²) in [6.07, 6.45) is 4.48. The number of pyridine rings is 1. The smallest absolute Gasteiger partial charge is 0.184 e. The number of carbonyl (C=O) groups is 1. The normalized spacial score (nSPS) is 19.9. The van der Waals surface area contributed by atoms with Gasteiger partial charge in [-0.1, -0.05) is 12.1 Å². The van der Waals surface area contributed by atoms with Crippen LogP contribution in [0, 0.1) is 18.2 Å². The Morgan fingerprint density at radius 2 is 1.97 bits per heavy atom. The minimum absolute atomic E-state index is 0.00648. The standard InChI is InChI=1S/C25H33FN2O2/c1-5-30-18-25(13-12-20-7-10-22(26)11-8-20)14-15-28(17-25)24(3,4)23(29)21-9-6-19(2)27-16-21/h6-11,16H,5,12-15,17-18H2,1-4H3/t25-/m0/s1. The topological polar surface area (TPSA) is 42.4 Å². The lowest BCUT2D eigenvalue weighted by Gasteiger charge is -2.36. The number of hydrogen-bond acceptors (Lipinski definition) is 4. The molecule has 1 fully saturated rings. The maximum absolute atomic E-state index is 13.3. The molecule has 1 saturated heterocycles. The lowest BCUT2D eigenvalue weighted by Crippen LogP contribution is -2.50. The van der Waals surface area contributed by atoms with E-state index in [9.17, 15) is 9.18 Å². The number of ether oxygens (including phenoxy) is 1. The second-order valence-corrected chi connectivity index (χ2v) is 9.01. The Bertz CT molecular complexity index is 848. The Labute approximate surface area is 179 Å². The van der Waals surface area contributed by atoms with E-state index < -0.39 is 5.54 Å². The van der Waals surface area contributed by atoms with Gasteiger partial charge in [-0.05, 0) is 83.3 Å². The number of halogens is 1. The van der Waals surface area contributed by atoms with Crippen molar-refractivity contribution in [2.75, 3.05) is 26.3 Å². The summed E-state index contributed by atoms with van der Waals surface area (Å²) in [7, 11) is 0. The number of aryl methyl sites for hydroxylation is 2. The van der Waals surface area contributed by atoms with Crippen LogP contribution < -0.4 is 0 Å². The molecule has 0 amide bonds. The summed E-state index contributed by atoms with van der Waals surface area (Å²) in [6.45, 7) is 11.0. The van der Waals surface area contributed by atoms with Crippen molar-refractivity contribution in [2.24, 2.45) is 5.41 Å². The summed E-state index contributed by atoms with van der Waals surface area (Å²) in [5, 5.41) is 0. The molecule has 1 aliphatic rings. The number of Topliss-reactive ketones (excluding diaryl/α,β-unsaturated/α-hetero) is 1. The van der Waals surface area contributed by atoms with Crippen molar-refractivity contribution in [3.63, 3.8) is 0 Å². The number of hydrogen-bond donors (Lipinski definition) is 0. The van der Waals surface area contributed by atoms with Gasteiger partial charge in [0.15, 0.2) is 5.78 Å². The maximum atomic E-state index is 13.3. The van der Waals surface area contributed by atoms with Crippen LogP contribution in [0.3, 0.4) is 0 Å². The summed E-state index contributed by atoms with van der Waals surface area (Å²) < 4.78 is 19.1. The van der Waals surface area contributed by atoms with E-state index in [0.717, 1.165) is 43.6 Å². The fraction of sp³-hybridized carbons (Fsp3) is 0.520. The number of ketones is 1. The van der Waals surface area contributed by atoms with Crippen LogP contribution in [0.15, 0.2) is 42.6 Å². The molecule has 2 aromatic rings. The molecule has 162 valence electrons. The molecule has 5 heteroatoms. The molecule has 30 heavy (non-hydrogen) atoms. The zero-order chi connectivity index (χ0) is 21.8. The first-order valence-electron chi connectivity index (χ1n) is 10.8. The Kier molecular flexibility index (Phi) is 7.04. The first-order valence-corrected chi connectivity index (χ1v) is 10.8. The number of rotatable bonds is 9. The SMILES string of the molecule is CCOC[C@@]1(CCc2ccc(F)cc2)CCN(C(C)(C)C(=O)c2ccc(C)nc2)C1. The molecule has 1 aromatic heterocycles. The summed E-state index contributed by atoms with van der Waals surface area (Å²) in [4.78, 5) is 19.8. The van der Waals surface area contributed by atoms with Crippen LogP contribution >= 0.6 is 0 Å². The Morgan fingerprint density at radius 3 is 2.60 bits per heavy atom. The van der Waals surface area contributed by atoms with Crippen molar-refractivity contribution in [1.82, 2.24) is 9.88 Å². The van der Waals surface area contributed by atoms with E-state index in [1.54, 1.807) is 6.20 Å². The highest BCUT2D eigenvalue weighted by molar-refractivity contribution is 6.02. The summed E-state index contributed by atoms with van der Waals surface area (Å²) in [5.41, 5.74) is 2.07. The van der Waals surface area contributed by atoms with E-state index in [0.29, 0.717) is 18.8 Å². The van der Waals surface area contributed by atoms with E-state index in [2.05, 4.69) is 9.88 Å². The maximum Gasteiger partial charge on any atom is 0.184 e. The highest BCUT2D eigenvalue weighted by Gasteiger charge is 2.45. The van der Waals surface area contributed by atoms with Gasteiger partial charge in [-0.2, -0.15) is 0 Å². The molecule has 1 atom stereocenters. The van der Waals surface area contributed by atoms with E-state index in [1.807, 2.05) is 52.0 Å². The van der Waals surface area contributed by atoms with Gasteiger partial charge < -0.3 is 4.74 Å². The van der Waals surface area contributed by atoms with Gasteiger partial charge in [-0.3, -0.25) is 14.7 Å². The zero-order valence-electron chi connectivity index (χ0n) is 18.6. The Hall–Kier alpha value is -2.11. The van der Waals surface area contributed by atoms with Crippen LogP contribution in [0.25, 0.3) is 0 Å². The highest BCUT2D eigenvalue weighted by Crippen LogP contribution is 2.39. The number of aromatic nitrogens is 1. The molecule has 0 N–H and O–H groups in total. The monoisotopic (exact) mass is 412 g/mol. The van der Waals surface area contributed by atoms with Gasteiger partial charge in [0, 0.05) is 36.0 Å². The number of nitrogens with zero attached hydrogens (tertiary/aromatic N) is 2. The minimum atomic E-state index is -0.610. The number of likely N-dealkylation sites (tertiary alicyclic amines) is 1. The first kappa shape index (κ1) is 22.6. The van der Waals surface area contributed by atoms with Gasteiger partial charge in [-0.25, -0.2) is 4.39 Å². The Balaban J connectivity index is 1.73. The quantitative estimate of drug-likeness (QED) is 0.552. The van der Waals surface area contributed by atoms with Crippen LogP contribution in [0.5, 0.6) is 0 Å². The predicted molar refractivity (Wildman–Crippen MR) is 117 cm³/mol. The van der Waals surface area contributed by atoms with Crippen molar-refractivity contribution in [1.29, 1.82) is 0 Å². The van der Waals surface area contributed by atoms with Crippen molar-refractivity contribution in [2.45, 2.75) is 52.5 Å². The van der Waals surface area contributed by atoms with Crippen molar-refractivity contribution < 1.29 is 13.9 Å². The first-order chi connectivity index (χ1) is 14.3. The lowest BCUT2D eigenvalue weighted by atomic mass is 9.81. The van der Waals surface area contributed by atoms with Crippen molar-refractivity contribution >= 4 is 5.78 Å². The van der Waals surface area contributed by atoms with Crippen LogP contribution in [-0.2, 0) is 11.2 Å². The second kappa shape index (κ2) is 9.36. The van der Waals surface area contributed by atoms with Crippen LogP contribution in [0.4, 0.5) is 4.39 Å². The molecule has 0 saturated carbocycles. The third-order valence-electron chi connectivity index (χ3n) is 6.43. The number of benzene rings is 1. The summed E-state index contributed by atoms with van der Waals surface area (Å²) in [5.74, 6) is -0.110. The van der Waals surface area contributed by atoms with Crippen LogP contribution in [0.2, 0.25) is 0 Å². The van der Waals surface area contributed by atoms with Crippen LogP contribution in [-0.4, -0.2) is 47.5 Å². The minimum Gasteiger partial charge on any atom is -0.381 e. The van der Waals surface area contributed by atoms with Gasteiger partial charge in [0.05, 0.1) is 12.1 Å². The molecular weight excluding hydrogens is 379 g/mol. The van der Waals surface area contributed by atoms with Gasteiger partial charge in [0.1, 0.15) is 5.82 Å². The van der Waals surface area contributed by atoms with Gasteiger partial charge in [0.2, 0.25) is 0 Å². The molecular formula is C25H33FN2O2. The molecule has 0 spiro atoms. The molecule has 0 radical (unpaired) electrons. The fourth-order valence-electron chi connectivity index (χ4n) is 4.28. The average molecular weight is 413 g/mol. The third kappa shape index (κ3) is 5.13. The Morgan fingerprint density at radius 1 is 1.23 bits per heavy atom. The van der Waals surface area contributed by atoms with Crippen molar-refractivity contribution in [3.05, 3.63) is 65.2 Å². The number of carbonyl (C=O) groups excluding carboxylic acids is 1. The molecule has 0 bridgehead atoms. The lowest BCUT2D eigenvalue weighted by molar-refractivity contribution is 0.0370. The zero-order valence-corrected chi connectivity index (χ0v) is 18.6. The van der Waals surface area contributed by atoms with E-state index >= 15 is 0 Å². The molecule has 1 aromatic carbocycles. The van der Waals surface area contributed by atoms with Gasteiger partial charge >= 0.3 is 0 Å². The predicted octanol–water partition coefficient (Wildman–Crippen LogP) is 4.85. The highest BCUT2D eigenvalue weighted by atomic mass is 19.1. The third-order valence-corrected chi connectivity index (χ3v) is 6.43. The summed E-state index contributed by atoms with van der Waals surface area (Å²) >= 11 is 0. The molecule has 1 aliphatic heterocycles. The average Bonchev–Trinajstić information content (AvgIpc) is 3.17. The van der Waals surface area contributed by atoms with E-state index in [4.69, 9.17) is 4.74 Å². The molecule has 0 unspecified atom stereocenters. The molecule has 0 aliphatic carbocycles. The van der Waals surface area contributed by atoms with E-state index in [1.165, 1.54) is 12.1 Å². The summed E-state index contributed by atoms with van der Waals surface area (Å²) in [6, 6.07) is 10.5. The molecule has 2 heterocycles. The molecule has 3 rings (SSSR count). The van der Waals surface area contributed by atoms with Crippen molar-refractivity contribution in [3.8, 4) is 0 Å². The van der Waals surface area contributed by atoms with E-state index in [-0.39, 0.29) is 17.0 Å². The second-order valence-electron chi connectivity index (χ2n) is 9.01. The molecule has 4 nitrogen and oxygen atoms in total. The van der Waals surface area contributed by atoms with Crippen LogP contribution in [0.1, 0.15) is 55.2 Å².